The summed E-state index contributed by atoms with van der Waals surface area (Å²) in [4.78, 5) is 11.3. The Labute approximate surface area is 102 Å². The van der Waals surface area contributed by atoms with Gasteiger partial charge in [0.2, 0.25) is 0 Å². The first-order chi connectivity index (χ1) is 8.21. The van der Waals surface area contributed by atoms with Gasteiger partial charge >= 0.3 is 5.97 Å². The third-order valence-corrected chi connectivity index (χ3v) is 2.57. The molecule has 0 aliphatic heterocycles. The van der Waals surface area contributed by atoms with E-state index in [2.05, 4.69) is 4.74 Å². The Morgan fingerprint density at radius 3 is 2.82 bits per heavy atom. The quantitative estimate of drug-likeness (QED) is 0.765. The Balaban J connectivity index is 2.80. The van der Waals surface area contributed by atoms with Crippen molar-refractivity contribution >= 4 is 5.97 Å². The number of ether oxygens (including phenoxy) is 2. The third kappa shape index (κ3) is 4.07. The molecule has 0 heterocycles. The summed E-state index contributed by atoms with van der Waals surface area (Å²) in [6.07, 6.45) is 0.294. The van der Waals surface area contributed by atoms with Crippen LogP contribution in [-0.2, 0) is 9.53 Å². The zero-order valence-electron chi connectivity index (χ0n) is 10.3. The molecule has 4 heteroatoms. The summed E-state index contributed by atoms with van der Waals surface area (Å²) in [6, 6.07) is 7.66. The fourth-order valence-corrected chi connectivity index (χ4v) is 1.65. The smallest absolute Gasteiger partial charge is 0.306 e. The Kier molecular flexibility index (Phi) is 5.49. The van der Waals surface area contributed by atoms with Crippen LogP contribution in [0.2, 0.25) is 0 Å². The molecular weight excluding hydrogens is 218 g/mol. The monoisotopic (exact) mass is 237 g/mol. The van der Waals surface area contributed by atoms with Crippen LogP contribution in [0.4, 0.5) is 0 Å². The number of esters is 1. The molecule has 0 aliphatic carbocycles. The number of hydrogen-bond donors (Lipinski definition) is 1. The lowest BCUT2D eigenvalue weighted by Crippen LogP contribution is -2.17. The van der Waals surface area contributed by atoms with Gasteiger partial charge in [-0.1, -0.05) is 12.1 Å². The summed E-state index contributed by atoms with van der Waals surface area (Å²) in [7, 11) is 1.38. The van der Waals surface area contributed by atoms with E-state index in [1.54, 1.807) is 0 Å². The van der Waals surface area contributed by atoms with Crippen LogP contribution in [0.1, 0.15) is 24.8 Å². The molecule has 0 aromatic heterocycles. The molecule has 1 aromatic carbocycles. The van der Waals surface area contributed by atoms with Gasteiger partial charge in [-0.2, -0.15) is 0 Å². The second kappa shape index (κ2) is 6.91. The van der Waals surface area contributed by atoms with E-state index in [1.165, 1.54) is 7.11 Å². The van der Waals surface area contributed by atoms with Gasteiger partial charge in [-0.05, 0) is 31.2 Å². The number of nitrogens with two attached hydrogens (primary N) is 1. The second-order valence-electron chi connectivity index (χ2n) is 3.72. The molecule has 0 amide bonds. The maximum absolute atomic E-state index is 11.3. The molecule has 0 fully saturated rings. The molecule has 94 valence electrons. The van der Waals surface area contributed by atoms with E-state index in [9.17, 15) is 4.79 Å². The van der Waals surface area contributed by atoms with Gasteiger partial charge in [0.15, 0.2) is 0 Å². The molecule has 0 radical (unpaired) electrons. The zero-order valence-corrected chi connectivity index (χ0v) is 10.3. The molecule has 1 rings (SSSR count). The van der Waals surface area contributed by atoms with E-state index >= 15 is 0 Å². The molecule has 1 aromatic rings. The van der Waals surface area contributed by atoms with Gasteiger partial charge in [0, 0.05) is 5.92 Å². The fraction of sp³-hybridized carbons (Fsp3) is 0.462. The van der Waals surface area contributed by atoms with Crippen molar-refractivity contribution in [3.8, 4) is 5.75 Å². The zero-order chi connectivity index (χ0) is 12.7. The molecule has 1 atom stereocenters. The number of carbonyl (C=O) groups is 1. The number of carbonyl (C=O) groups excluding carboxylic acids is 1. The van der Waals surface area contributed by atoms with Crippen molar-refractivity contribution < 1.29 is 14.3 Å². The summed E-state index contributed by atoms with van der Waals surface area (Å²) >= 11 is 0. The number of benzene rings is 1. The van der Waals surface area contributed by atoms with Crippen LogP contribution < -0.4 is 10.5 Å². The maximum Gasteiger partial charge on any atom is 0.306 e. The predicted octanol–water partition coefficient (Wildman–Crippen LogP) is 1.69. The van der Waals surface area contributed by atoms with E-state index in [0.29, 0.717) is 19.6 Å². The van der Waals surface area contributed by atoms with E-state index in [0.717, 1.165) is 11.3 Å². The SMILES string of the molecule is CCOc1cccc(C(CN)CC(=O)OC)c1. The topological polar surface area (TPSA) is 61.5 Å². The van der Waals surface area contributed by atoms with Crippen molar-refractivity contribution in [2.24, 2.45) is 5.73 Å². The van der Waals surface area contributed by atoms with E-state index in [-0.39, 0.29) is 11.9 Å². The van der Waals surface area contributed by atoms with Crippen molar-refractivity contribution in [1.29, 1.82) is 0 Å². The van der Waals surface area contributed by atoms with E-state index in [4.69, 9.17) is 10.5 Å². The lowest BCUT2D eigenvalue weighted by Gasteiger charge is -2.15. The van der Waals surface area contributed by atoms with Crippen LogP contribution in [0.25, 0.3) is 0 Å². The van der Waals surface area contributed by atoms with E-state index < -0.39 is 0 Å². The van der Waals surface area contributed by atoms with Crippen LogP contribution in [0.3, 0.4) is 0 Å². The first kappa shape index (κ1) is 13.5. The first-order valence-electron chi connectivity index (χ1n) is 5.70. The molecular formula is C13H19NO3. The van der Waals surface area contributed by atoms with Crippen LogP contribution in [0, 0.1) is 0 Å². The normalized spacial score (nSPS) is 11.9. The summed E-state index contributed by atoms with van der Waals surface area (Å²) < 4.78 is 10.1. The van der Waals surface area contributed by atoms with Gasteiger partial charge in [-0.15, -0.1) is 0 Å². The highest BCUT2D eigenvalue weighted by molar-refractivity contribution is 5.70. The van der Waals surface area contributed by atoms with Gasteiger partial charge in [-0.3, -0.25) is 4.79 Å². The van der Waals surface area contributed by atoms with Gasteiger partial charge in [-0.25, -0.2) is 0 Å². The van der Waals surface area contributed by atoms with Gasteiger partial charge < -0.3 is 15.2 Å². The summed E-state index contributed by atoms with van der Waals surface area (Å²) in [6.45, 7) is 2.96. The standard InChI is InChI=1S/C13H19NO3/c1-3-17-12-6-4-5-10(7-12)11(9-14)8-13(15)16-2/h4-7,11H,3,8-9,14H2,1-2H3. The highest BCUT2D eigenvalue weighted by Crippen LogP contribution is 2.23. The molecule has 17 heavy (non-hydrogen) atoms. The lowest BCUT2D eigenvalue weighted by atomic mass is 9.96. The number of hydrogen-bond acceptors (Lipinski definition) is 4. The maximum atomic E-state index is 11.3. The minimum absolute atomic E-state index is 0.0251. The summed E-state index contributed by atoms with van der Waals surface area (Å²) in [5.41, 5.74) is 6.69. The van der Waals surface area contributed by atoms with Crippen molar-refractivity contribution in [1.82, 2.24) is 0 Å². The minimum Gasteiger partial charge on any atom is -0.494 e. The highest BCUT2D eigenvalue weighted by atomic mass is 16.5. The van der Waals surface area contributed by atoms with E-state index in [1.807, 2.05) is 31.2 Å². The molecule has 1 unspecified atom stereocenters. The second-order valence-corrected chi connectivity index (χ2v) is 3.72. The number of methoxy groups -OCH3 is 1. The molecule has 0 saturated heterocycles. The Hall–Kier alpha value is -1.55. The third-order valence-electron chi connectivity index (χ3n) is 2.57. The molecule has 4 nitrogen and oxygen atoms in total. The van der Waals surface area contributed by atoms with Crippen molar-refractivity contribution in [3.63, 3.8) is 0 Å². The number of rotatable bonds is 6. The predicted molar refractivity (Wildman–Crippen MR) is 66.0 cm³/mol. The van der Waals surface area contributed by atoms with Crippen LogP contribution in [-0.4, -0.2) is 26.2 Å². The van der Waals surface area contributed by atoms with Crippen LogP contribution in [0.5, 0.6) is 5.75 Å². The van der Waals surface area contributed by atoms with Crippen molar-refractivity contribution in [2.75, 3.05) is 20.3 Å². The minimum atomic E-state index is -0.248. The molecule has 0 spiro atoms. The van der Waals surface area contributed by atoms with Crippen LogP contribution in [0.15, 0.2) is 24.3 Å². The van der Waals surface area contributed by atoms with Gasteiger partial charge in [0.05, 0.1) is 20.1 Å². The molecule has 2 N–H and O–H groups in total. The molecule has 0 bridgehead atoms. The Morgan fingerprint density at radius 1 is 1.47 bits per heavy atom. The average Bonchev–Trinajstić information content (AvgIpc) is 2.36. The van der Waals surface area contributed by atoms with Crippen molar-refractivity contribution in [2.45, 2.75) is 19.3 Å². The lowest BCUT2D eigenvalue weighted by molar-refractivity contribution is -0.141. The molecule has 0 saturated carbocycles. The van der Waals surface area contributed by atoms with Gasteiger partial charge in [0.1, 0.15) is 5.75 Å². The van der Waals surface area contributed by atoms with Gasteiger partial charge in [0.25, 0.3) is 0 Å². The first-order valence-corrected chi connectivity index (χ1v) is 5.70. The van der Waals surface area contributed by atoms with Crippen molar-refractivity contribution in [3.05, 3.63) is 29.8 Å². The highest BCUT2D eigenvalue weighted by Gasteiger charge is 2.15. The Morgan fingerprint density at radius 2 is 2.24 bits per heavy atom. The fourth-order valence-electron chi connectivity index (χ4n) is 1.65. The van der Waals surface area contributed by atoms with Crippen LogP contribution >= 0.6 is 0 Å². The summed E-state index contributed by atoms with van der Waals surface area (Å²) in [5, 5.41) is 0. The Bertz CT molecular complexity index is 365. The summed E-state index contributed by atoms with van der Waals surface area (Å²) in [5.74, 6) is 0.526. The average molecular weight is 237 g/mol. The molecule has 0 aliphatic rings. The largest absolute Gasteiger partial charge is 0.494 e.